The number of esters is 1. The largest absolute Gasteiger partial charge is 0.507 e. The SMILES string of the molecule is CCOC(=O)c1c(C)c(O)c2ccccc2c1O. The van der Waals surface area contributed by atoms with E-state index in [1.54, 1.807) is 38.1 Å². The van der Waals surface area contributed by atoms with E-state index in [1.807, 2.05) is 0 Å². The van der Waals surface area contributed by atoms with Crippen LogP contribution in [-0.4, -0.2) is 22.8 Å². The zero-order chi connectivity index (χ0) is 13.3. The molecule has 0 aliphatic rings. The number of carbonyl (C=O) groups excluding carboxylic acids is 1. The molecule has 18 heavy (non-hydrogen) atoms. The van der Waals surface area contributed by atoms with Crippen molar-refractivity contribution in [2.75, 3.05) is 6.61 Å². The highest BCUT2D eigenvalue weighted by molar-refractivity contribution is 6.05. The normalized spacial score (nSPS) is 10.6. The number of ether oxygens (including phenoxy) is 1. The van der Waals surface area contributed by atoms with Crippen LogP contribution < -0.4 is 0 Å². The van der Waals surface area contributed by atoms with Crippen molar-refractivity contribution in [1.29, 1.82) is 0 Å². The van der Waals surface area contributed by atoms with Gasteiger partial charge in [0.1, 0.15) is 17.1 Å². The number of benzene rings is 2. The van der Waals surface area contributed by atoms with Gasteiger partial charge in [-0.25, -0.2) is 4.79 Å². The number of fused-ring (bicyclic) bond motifs is 1. The Hall–Kier alpha value is -2.23. The first-order valence-corrected chi connectivity index (χ1v) is 5.68. The van der Waals surface area contributed by atoms with E-state index in [4.69, 9.17) is 4.74 Å². The predicted molar refractivity (Wildman–Crippen MR) is 68.0 cm³/mol. The molecule has 4 heteroatoms. The third-order valence-electron chi connectivity index (χ3n) is 2.88. The van der Waals surface area contributed by atoms with Crippen molar-refractivity contribution < 1.29 is 19.7 Å². The van der Waals surface area contributed by atoms with Crippen molar-refractivity contribution in [3.63, 3.8) is 0 Å². The molecule has 0 atom stereocenters. The fourth-order valence-corrected chi connectivity index (χ4v) is 1.98. The second kappa shape index (κ2) is 4.56. The summed E-state index contributed by atoms with van der Waals surface area (Å²) in [5.41, 5.74) is 0.345. The second-order valence-corrected chi connectivity index (χ2v) is 3.96. The van der Waals surface area contributed by atoms with Crippen molar-refractivity contribution in [2.24, 2.45) is 0 Å². The van der Waals surface area contributed by atoms with E-state index in [9.17, 15) is 15.0 Å². The van der Waals surface area contributed by atoms with Gasteiger partial charge in [-0.2, -0.15) is 0 Å². The van der Waals surface area contributed by atoms with Gasteiger partial charge in [-0.1, -0.05) is 24.3 Å². The number of hydrogen-bond donors (Lipinski definition) is 2. The van der Waals surface area contributed by atoms with E-state index in [-0.39, 0.29) is 23.7 Å². The molecular formula is C14H14O4. The molecule has 0 aromatic heterocycles. The summed E-state index contributed by atoms with van der Waals surface area (Å²) in [5, 5.41) is 21.1. The lowest BCUT2D eigenvalue weighted by Crippen LogP contribution is -2.07. The Morgan fingerprint density at radius 2 is 1.72 bits per heavy atom. The van der Waals surface area contributed by atoms with Gasteiger partial charge in [-0.15, -0.1) is 0 Å². The summed E-state index contributed by atoms with van der Waals surface area (Å²) in [6, 6.07) is 6.82. The van der Waals surface area contributed by atoms with Crippen LogP contribution in [0.3, 0.4) is 0 Å². The van der Waals surface area contributed by atoms with Crippen LogP contribution in [0, 0.1) is 6.92 Å². The minimum absolute atomic E-state index is 0.00791. The van der Waals surface area contributed by atoms with E-state index >= 15 is 0 Å². The topological polar surface area (TPSA) is 66.8 Å². The van der Waals surface area contributed by atoms with Gasteiger partial charge >= 0.3 is 5.97 Å². The van der Waals surface area contributed by atoms with Crippen LogP contribution in [0.25, 0.3) is 10.8 Å². The molecule has 0 radical (unpaired) electrons. The number of hydrogen-bond acceptors (Lipinski definition) is 4. The standard InChI is InChI=1S/C14H14O4/c1-3-18-14(17)11-8(2)12(15)9-6-4-5-7-10(9)13(11)16/h4-7,15-16H,3H2,1-2H3. The molecular weight excluding hydrogens is 232 g/mol. The predicted octanol–water partition coefficient (Wildman–Crippen LogP) is 2.74. The lowest BCUT2D eigenvalue weighted by molar-refractivity contribution is 0.0522. The average molecular weight is 246 g/mol. The van der Waals surface area contributed by atoms with Crippen molar-refractivity contribution in [1.82, 2.24) is 0 Å². The van der Waals surface area contributed by atoms with E-state index in [1.165, 1.54) is 0 Å². The van der Waals surface area contributed by atoms with Gasteiger partial charge in [-0.05, 0) is 13.8 Å². The zero-order valence-corrected chi connectivity index (χ0v) is 10.2. The van der Waals surface area contributed by atoms with Crippen molar-refractivity contribution >= 4 is 16.7 Å². The lowest BCUT2D eigenvalue weighted by Gasteiger charge is -2.13. The smallest absolute Gasteiger partial charge is 0.342 e. The van der Waals surface area contributed by atoms with Crippen molar-refractivity contribution in [3.05, 3.63) is 35.4 Å². The third-order valence-corrected chi connectivity index (χ3v) is 2.88. The van der Waals surface area contributed by atoms with Crippen molar-refractivity contribution in [3.8, 4) is 11.5 Å². The maximum Gasteiger partial charge on any atom is 0.342 e. The summed E-state index contributed by atoms with van der Waals surface area (Å²) in [6.07, 6.45) is 0. The second-order valence-electron chi connectivity index (χ2n) is 3.96. The monoisotopic (exact) mass is 246 g/mol. The molecule has 4 nitrogen and oxygen atoms in total. The molecule has 2 rings (SSSR count). The number of rotatable bonds is 2. The molecule has 0 bridgehead atoms. The highest BCUT2D eigenvalue weighted by Crippen LogP contribution is 2.39. The Labute approximate surface area is 104 Å². The van der Waals surface area contributed by atoms with Crippen LogP contribution in [0.4, 0.5) is 0 Å². The van der Waals surface area contributed by atoms with Crippen LogP contribution in [0.1, 0.15) is 22.8 Å². The van der Waals surface area contributed by atoms with Gasteiger partial charge in [-0.3, -0.25) is 0 Å². The maximum absolute atomic E-state index is 11.8. The van der Waals surface area contributed by atoms with Gasteiger partial charge in [0.15, 0.2) is 0 Å². The van der Waals surface area contributed by atoms with Gasteiger partial charge < -0.3 is 14.9 Å². The Bertz CT molecular complexity index is 617. The molecule has 0 unspecified atom stereocenters. The number of carbonyl (C=O) groups is 1. The molecule has 2 aromatic rings. The summed E-state index contributed by atoms with van der Waals surface area (Å²) in [6.45, 7) is 3.48. The summed E-state index contributed by atoms with van der Waals surface area (Å²) >= 11 is 0. The lowest BCUT2D eigenvalue weighted by atomic mass is 9.99. The third kappa shape index (κ3) is 1.76. The van der Waals surface area contributed by atoms with E-state index in [0.717, 1.165) is 0 Å². The van der Waals surface area contributed by atoms with Crippen LogP contribution in [0.15, 0.2) is 24.3 Å². The first kappa shape index (κ1) is 12.2. The highest BCUT2D eigenvalue weighted by Gasteiger charge is 2.22. The maximum atomic E-state index is 11.8. The number of phenols is 2. The summed E-state index contributed by atoms with van der Waals surface area (Å²) < 4.78 is 4.88. The van der Waals surface area contributed by atoms with Crippen LogP contribution in [0.5, 0.6) is 11.5 Å². The van der Waals surface area contributed by atoms with E-state index < -0.39 is 5.97 Å². The van der Waals surface area contributed by atoms with Crippen LogP contribution in [0.2, 0.25) is 0 Å². The minimum atomic E-state index is -0.631. The van der Waals surface area contributed by atoms with Gasteiger partial charge in [0.2, 0.25) is 0 Å². The highest BCUT2D eigenvalue weighted by atomic mass is 16.5. The molecule has 0 heterocycles. The first-order valence-electron chi connectivity index (χ1n) is 5.68. The molecule has 0 amide bonds. The minimum Gasteiger partial charge on any atom is -0.507 e. The Kier molecular flexibility index (Phi) is 3.10. The molecule has 0 fully saturated rings. The Balaban J connectivity index is 2.78. The van der Waals surface area contributed by atoms with Gasteiger partial charge in [0, 0.05) is 16.3 Å². The summed E-state index contributed by atoms with van der Waals surface area (Å²) in [7, 11) is 0. The zero-order valence-electron chi connectivity index (χ0n) is 10.2. The Morgan fingerprint density at radius 1 is 1.17 bits per heavy atom. The van der Waals surface area contributed by atoms with Crippen molar-refractivity contribution in [2.45, 2.75) is 13.8 Å². The van der Waals surface area contributed by atoms with Gasteiger partial charge in [0.25, 0.3) is 0 Å². The quantitative estimate of drug-likeness (QED) is 0.631. The molecule has 94 valence electrons. The van der Waals surface area contributed by atoms with E-state index in [0.29, 0.717) is 16.3 Å². The van der Waals surface area contributed by atoms with E-state index in [2.05, 4.69) is 0 Å². The Morgan fingerprint density at radius 3 is 2.28 bits per heavy atom. The van der Waals surface area contributed by atoms with Crippen LogP contribution in [-0.2, 0) is 4.74 Å². The number of aromatic hydroxyl groups is 2. The molecule has 2 N–H and O–H groups in total. The van der Waals surface area contributed by atoms with Crippen LogP contribution >= 0.6 is 0 Å². The summed E-state index contributed by atoms with van der Waals surface area (Å²) in [4.78, 5) is 11.8. The first-order chi connectivity index (χ1) is 8.57. The fourth-order valence-electron chi connectivity index (χ4n) is 1.98. The molecule has 0 aliphatic heterocycles. The molecule has 0 spiro atoms. The number of phenolic OH excluding ortho intramolecular Hbond substituents is 2. The fraction of sp³-hybridized carbons (Fsp3) is 0.214. The average Bonchev–Trinajstić information content (AvgIpc) is 2.37. The molecule has 0 saturated heterocycles. The molecule has 0 aliphatic carbocycles. The molecule has 0 saturated carbocycles. The summed E-state index contributed by atoms with van der Waals surface area (Å²) in [5.74, 6) is -0.792. The van der Waals surface area contributed by atoms with Gasteiger partial charge in [0.05, 0.1) is 6.61 Å². The molecule has 2 aromatic carbocycles.